The molecule has 0 amide bonds. The van der Waals surface area contributed by atoms with E-state index in [0.29, 0.717) is 35.4 Å². The number of hydrogen-bond acceptors (Lipinski definition) is 7. The van der Waals surface area contributed by atoms with Gasteiger partial charge in [-0.25, -0.2) is 9.59 Å². The van der Waals surface area contributed by atoms with E-state index in [9.17, 15) is 14.4 Å². The van der Waals surface area contributed by atoms with E-state index in [4.69, 9.17) is 14.2 Å². The second-order valence-electron chi connectivity index (χ2n) is 8.11. The first-order valence-electron chi connectivity index (χ1n) is 10.7. The number of allylic oxidation sites excluding steroid dienone is 3. The molecule has 2 unspecified atom stereocenters. The molecule has 1 aliphatic carbocycles. The molecule has 0 radical (unpaired) electrons. The van der Waals surface area contributed by atoms with Crippen molar-refractivity contribution in [1.82, 2.24) is 5.32 Å². The zero-order chi connectivity index (χ0) is 22.0. The van der Waals surface area contributed by atoms with Gasteiger partial charge in [0, 0.05) is 35.9 Å². The highest BCUT2D eigenvalue weighted by molar-refractivity contribution is 6.03. The molecule has 1 N–H and O–H groups in total. The van der Waals surface area contributed by atoms with Crippen molar-refractivity contribution in [3.8, 4) is 0 Å². The number of ketones is 1. The number of carbonyl (C=O) groups excluding carboxylic acids is 3. The molecule has 2 aliphatic heterocycles. The Labute approximate surface area is 181 Å². The molecule has 164 valence electrons. The van der Waals surface area contributed by atoms with Crippen LogP contribution in [0.2, 0.25) is 0 Å². The molecule has 0 saturated carbocycles. The van der Waals surface area contributed by atoms with Crippen molar-refractivity contribution in [2.75, 3.05) is 20.3 Å². The van der Waals surface area contributed by atoms with Gasteiger partial charge in [0.25, 0.3) is 0 Å². The molecule has 0 spiro atoms. The van der Waals surface area contributed by atoms with Crippen molar-refractivity contribution >= 4 is 17.7 Å². The topological polar surface area (TPSA) is 90.9 Å². The molecule has 4 rings (SSSR count). The predicted octanol–water partition coefficient (Wildman–Crippen LogP) is 3.16. The summed E-state index contributed by atoms with van der Waals surface area (Å²) in [5.74, 6) is -1.39. The Morgan fingerprint density at radius 3 is 2.58 bits per heavy atom. The first-order chi connectivity index (χ1) is 15.0. The number of methoxy groups -OCH3 is 1. The number of Topliss-reactive ketones (excluding diaryl/α,β-unsaturated/α-hetero) is 1. The molecule has 0 aromatic heterocycles. The SMILES string of the molecule is COC(=O)c1ccc(C2C(C(=O)OCC3CCCO3)=C(C)NC3=C2C(=O)CCC3)cc1. The standard InChI is InChI=1S/C24H27NO6/c1-14-20(24(28)31-13-17-5-4-12-30-17)21(22-18(25-14)6-3-7-19(22)26)15-8-10-16(11-9-15)23(27)29-2/h8-11,17,21,25H,3-7,12-13H2,1-2H3. The van der Waals surface area contributed by atoms with E-state index in [2.05, 4.69) is 5.32 Å². The van der Waals surface area contributed by atoms with Gasteiger partial charge >= 0.3 is 11.9 Å². The van der Waals surface area contributed by atoms with Crippen LogP contribution in [0.25, 0.3) is 0 Å². The van der Waals surface area contributed by atoms with Crippen LogP contribution in [0.15, 0.2) is 46.8 Å². The van der Waals surface area contributed by atoms with E-state index in [0.717, 1.165) is 36.9 Å². The second kappa shape index (κ2) is 9.06. The lowest BCUT2D eigenvalue weighted by Gasteiger charge is -2.34. The lowest BCUT2D eigenvalue weighted by Crippen LogP contribution is -2.35. The van der Waals surface area contributed by atoms with Gasteiger partial charge in [-0.2, -0.15) is 0 Å². The Morgan fingerprint density at radius 1 is 1.13 bits per heavy atom. The summed E-state index contributed by atoms with van der Waals surface area (Å²) in [6.45, 7) is 2.72. The molecule has 7 nitrogen and oxygen atoms in total. The van der Waals surface area contributed by atoms with E-state index >= 15 is 0 Å². The Kier molecular flexibility index (Phi) is 6.23. The first-order valence-corrected chi connectivity index (χ1v) is 10.7. The maximum Gasteiger partial charge on any atom is 0.337 e. The largest absolute Gasteiger partial charge is 0.465 e. The Bertz CT molecular complexity index is 953. The fourth-order valence-electron chi connectivity index (χ4n) is 4.54. The van der Waals surface area contributed by atoms with Gasteiger partial charge in [-0.3, -0.25) is 4.79 Å². The zero-order valence-corrected chi connectivity index (χ0v) is 17.9. The molecule has 31 heavy (non-hydrogen) atoms. The van der Waals surface area contributed by atoms with Gasteiger partial charge in [0.05, 0.1) is 24.4 Å². The average Bonchev–Trinajstić information content (AvgIpc) is 3.30. The summed E-state index contributed by atoms with van der Waals surface area (Å²) in [5.41, 5.74) is 3.77. The number of ether oxygens (including phenoxy) is 3. The Hall–Kier alpha value is -2.93. The average molecular weight is 425 g/mol. The molecule has 2 atom stereocenters. The summed E-state index contributed by atoms with van der Waals surface area (Å²) < 4.78 is 15.9. The minimum absolute atomic E-state index is 0.0349. The summed E-state index contributed by atoms with van der Waals surface area (Å²) in [6.07, 6.45) is 3.75. The van der Waals surface area contributed by atoms with E-state index < -0.39 is 17.9 Å². The molecule has 7 heteroatoms. The summed E-state index contributed by atoms with van der Waals surface area (Å²) in [4.78, 5) is 37.9. The lowest BCUT2D eigenvalue weighted by atomic mass is 9.75. The van der Waals surface area contributed by atoms with E-state index in [1.807, 2.05) is 6.92 Å². The first kappa shape index (κ1) is 21.3. The Balaban J connectivity index is 1.68. The summed E-state index contributed by atoms with van der Waals surface area (Å²) in [7, 11) is 1.33. The third kappa shape index (κ3) is 4.28. The number of carbonyl (C=O) groups is 3. The zero-order valence-electron chi connectivity index (χ0n) is 17.9. The molecule has 3 aliphatic rings. The third-order valence-corrected chi connectivity index (χ3v) is 6.09. The third-order valence-electron chi connectivity index (χ3n) is 6.09. The van der Waals surface area contributed by atoms with Crippen LogP contribution in [0, 0.1) is 0 Å². The van der Waals surface area contributed by atoms with Crippen molar-refractivity contribution in [2.24, 2.45) is 0 Å². The van der Waals surface area contributed by atoms with Gasteiger partial charge in [-0.15, -0.1) is 0 Å². The highest BCUT2D eigenvalue weighted by atomic mass is 16.6. The summed E-state index contributed by atoms with van der Waals surface area (Å²) in [6, 6.07) is 6.85. The normalized spacial score (nSPS) is 23.4. The number of nitrogens with one attached hydrogen (secondary N) is 1. The minimum atomic E-state index is -0.534. The maximum atomic E-state index is 13.2. The van der Waals surface area contributed by atoms with Crippen LogP contribution in [-0.4, -0.2) is 44.1 Å². The summed E-state index contributed by atoms with van der Waals surface area (Å²) in [5, 5.41) is 3.28. The lowest BCUT2D eigenvalue weighted by molar-refractivity contribution is -0.142. The quantitative estimate of drug-likeness (QED) is 0.725. The molecular formula is C24H27NO6. The highest BCUT2D eigenvalue weighted by Gasteiger charge is 2.39. The van der Waals surface area contributed by atoms with Crippen molar-refractivity contribution in [3.63, 3.8) is 0 Å². The van der Waals surface area contributed by atoms with E-state index in [1.165, 1.54) is 7.11 Å². The van der Waals surface area contributed by atoms with E-state index in [1.54, 1.807) is 24.3 Å². The van der Waals surface area contributed by atoms with Gasteiger partial charge in [0.2, 0.25) is 0 Å². The van der Waals surface area contributed by atoms with Crippen LogP contribution in [0.4, 0.5) is 0 Å². The predicted molar refractivity (Wildman–Crippen MR) is 112 cm³/mol. The van der Waals surface area contributed by atoms with Crippen LogP contribution in [0.1, 0.15) is 60.9 Å². The van der Waals surface area contributed by atoms with Crippen molar-refractivity contribution in [2.45, 2.75) is 51.0 Å². The van der Waals surface area contributed by atoms with Gasteiger partial charge in [0.1, 0.15) is 6.61 Å². The highest BCUT2D eigenvalue weighted by Crippen LogP contribution is 2.42. The number of esters is 2. The van der Waals surface area contributed by atoms with Crippen molar-refractivity contribution in [1.29, 1.82) is 0 Å². The molecular weight excluding hydrogens is 398 g/mol. The monoisotopic (exact) mass is 425 g/mol. The second-order valence-corrected chi connectivity index (χ2v) is 8.11. The number of dihydropyridines is 1. The molecule has 2 heterocycles. The molecule has 0 bridgehead atoms. The van der Waals surface area contributed by atoms with E-state index in [-0.39, 0.29) is 18.5 Å². The van der Waals surface area contributed by atoms with Gasteiger partial charge in [-0.05, 0) is 50.3 Å². The fraction of sp³-hybridized carbons (Fsp3) is 0.458. The Morgan fingerprint density at radius 2 is 1.90 bits per heavy atom. The molecule has 1 saturated heterocycles. The van der Waals surface area contributed by atoms with Crippen LogP contribution in [-0.2, 0) is 23.8 Å². The fourth-order valence-corrected chi connectivity index (χ4v) is 4.54. The molecule has 1 aromatic carbocycles. The maximum absolute atomic E-state index is 13.2. The van der Waals surface area contributed by atoms with Gasteiger partial charge in [0.15, 0.2) is 5.78 Å². The van der Waals surface area contributed by atoms with Gasteiger partial charge < -0.3 is 19.5 Å². The van der Waals surface area contributed by atoms with Crippen molar-refractivity contribution < 1.29 is 28.6 Å². The number of benzene rings is 1. The van der Waals surface area contributed by atoms with Gasteiger partial charge in [-0.1, -0.05) is 12.1 Å². The van der Waals surface area contributed by atoms with Crippen LogP contribution in [0.3, 0.4) is 0 Å². The van der Waals surface area contributed by atoms with Crippen LogP contribution < -0.4 is 5.32 Å². The number of rotatable bonds is 5. The number of hydrogen-bond donors (Lipinski definition) is 1. The van der Waals surface area contributed by atoms with Crippen LogP contribution in [0.5, 0.6) is 0 Å². The van der Waals surface area contributed by atoms with Crippen LogP contribution >= 0.6 is 0 Å². The molecule has 1 aromatic rings. The minimum Gasteiger partial charge on any atom is -0.465 e. The summed E-state index contributed by atoms with van der Waals surface area (Å²) >= 11 is 0. The molecule has 1 fully saturated rings. The smallest absolute Gasteiger partial charge is 0.337 e. The van der Waals surface area contributed by atoms with Crippen molar-refractivity contribution in [3.05, 3.63) is 57.9 Å².